The van der Waals surface area contributed by atoms with Crippen LogP contribution in [0.25, 0.3) is 0 Å². The van der Waals surface area contributed by atoms with Gasteiger partial charge in [-0.25, -0.2) is 0 Å². The van der Waals surface area contributed by atoms with Crippen LogP contribution in [0, 0.1) is 3.57 Å². The van der Waals surface area contributed by atoms with Gasteiger partial charge in [-0.15, -0.1) is 0 Å². The second kappa shape index (κ2) is 5.76. The van der Waals surface area contributed by atoms with Crippen LogP contribution in [0.5, 0.6) is 0 Å². The Kier molecular flexibility index (Phi) is 3.99. The highest BCUT2D eigenvalue weighted by atomic mass is 127. The van der Waals surface area contributed by atoms with Crippen molar-refractivity contribution in [2.75, 3.05) is 0 Å². The minimum absolute atomic E-state index is 0.354. The Bertz CT molecular complexity index is 638. The molecule has 1 fully saturated rings. The molecule has 1 atom stereocenters. The summed E-state index contributed by atoms with van der Waals surface area (Å²) in [5.74, 6) is -0.369. The van der Waals surface area contributed by atoms with E-state index >= 15 is 0 Å². The van der Waals surface area contributed by atoms with E-state index in [2.05, 4.69) is 33.0 Å². The third kappa shape index (κ3) is 3.11. The molecule has 0 aliphatic heterocycles. The van der Waals surface area contributed by atoms with Crippen LogP contribution >= 0.6 is 22.6 Å². The van der Waals surface area contributed by atoms with Gasteiger partial charge in [0.1, 0.15) is 5.54 Å². The summed E-state index contributed by atoms with van der Waals surface area (Å²) in [6.45, 7) is 0.395. The molecule has 3 rings (SSSR count). The van der Waals surface area contributed by atoms with Crippen LogP contribution in [0.1, 0.15) is 18.4 Å². The van der Waals surface area contributed by atoms with Crippen molar-refractivity contribution in [3.63, 3.8) is 0 Å². The molecule has 5 nitrogen and oxygen atoms in total. The predicted molar refractivity (Wildman–Crippen MR) is 88.4 cm³/mol. The van der Waals surface area contributed by atoms with Gasteiger partial charge in [0.05, 0.1) is 16.3 Å². The fourth-order valence-electron chi connectivity index (χ4n) is 2.48. The van der Waals surface area contributed by atoms with Crippen LogP contribution in [-0.2, 0) is 16.9 Å². The van der Waals surface area contributed by atoms with Gasteiger partial charge in [-0.1, -0.05) is 30.3 Å². The van der Waals surface area contributed by atoms with E-state index in [1.165, 1.54) is 0 Å². The van der Waals surface area contributed by atoms with Crippen molar-refractivity contribution in [1.82, 2.24) is 15.1 Å². The molecule has 1 aliphatic rings. The lowest BCUT2D eigenvalue weighted by molar-refractivity contribution is -0.125. The van der Waals surface area contributed by atoms with E-state index in [1.807, 2.05) is 36.5 Å². The van der Waals surface area contributed by atoms with Gasteiger partial charge in [0.15, 0.2) is 0 Å². The van der Waals surface area contributed by atoms with Gasteiger partial charge in [0.25, 0.3) is 0 Å². The summed E-state index contributed by atoms with van der Waals surface area (Å²) in [6, 6.07) is 10.0. The fraction of sp³-hybridized carbons (Fsp3) is 0.333. The highest BCUT2D eigenvalue weighted by Gasteiger charge is 2.43. The average molecular weight is 396 g/mol. The molecule has 1 aliphatic carbocycles. The summed E-state index contributed by atoms with van der Waals surface area (Å²) in [7, 11) is 0. The third-order valence-corrected chi connectivity index (χ3v) is 4.27. The van der Waals surface area contributed by atoms with E-state index < -0.39 is 5.54 Å². The molecule has 6 heteroatoms. The Morgan fingerprint density at radius 2 is 2.14 bits per heavy atom. The Hall–Kier alpha value is -1.41. The molecular weight excluding hydrogens is 379 g/mol. The smallest absolute Gasteiger partial charge is 0.244 e. The minimum Gasteiger partial charge on any atom is -0.368 e. The molecule has 2 aromatic rings. The number of hydrogen-bond donors (Lipinski definition) is 2. The average Bonchev–Trinajstić information content (AvgIpc) is 3.20. The van der Waals surface area contributed by atoms with Crippen molar-refractivity contribution in [2.45, 2.75) is 31.0 Å². The third-order valence-electron chi connectivity index (χ3n) is 3.72. The van der Waals surface area contributed by atoms with Gasteiger partial charge >= 0.3 is 0 Å². The lowest BCUT2D eigenvalue weighted by Gasteiger charge is -2.32. The molecule has 1 heterocycles. The lowest BCUT2D eigenvalue weighted by Crippen LogP contribution is -2.56. The molecule has 1 unspecified atom stereocenters. The number of primary amides is 1. The van der Waals surface area contributed by atoms with Crippen LogP contribution in [0.15, 0.2) is 42.7 Å². The zero-order valence-corrected chi connectivity index (χ0v) is 13.7. The Morgan fingerprint density at radius 1 is 1.43 bits per heavy atom. The predicted octanol–water partition coefficient (Wildman–Crippen LogP) is 1.62. The van der Waals surface area contributed by atoms with Crippen LogP contribution in [-0.4, -0.2) is 21.7 Å². The first-order valence-corrected chi connectivity index (χ1v) is 7.99. The minimum atomic E-state index is -0.919. The SMILES string of the molecule is NC(=O)C(Cn1cc(I)cn1)(NC1CC1)c1ccccc1. The second-order valence-corrected chi connectivity index (χ2v) is 6.66. The maximum absolute atomic E-state index is 12.3. The van der Waals surface area contributed by atoms with Crippen molar-refractivity contribution in [3.8, 4) is 0 Å². The summed E-state index contributed by atoms with van der Waals surface area (Å²) < 4.78 is 2.81. The largest absolute Gasteiger partial charge is 0.368 e. The van der Waals surface area contributed by atoms with Crippen LogP contribution < -0.4 is 11.1 Å². The number of benzene rings is 1. The quantitative estimate of drug-likeness (QED) is 0.729. The van der Waals surface area contributed by atoms with Gasteiger partial charge in [0, 0.05) is 12.2 Å². The Balaban J connectivity index is 2.00. The van der Waals surface area contributed by atoms with Crippen molar-refractivity contribution < 1.29 is 4.79 Å². The van der Waals surface area contributed by atoms with E-state index in [0.29, 0.717) is 12.6 Å². The summed E-state index contributed by atoms with van der Waals surface area (Å²) in [6.07, 6.45) is 5.85. The first-order chi connectivity index (χ1) is 10.1. The lowest BCUT2D eigenvalue weighted by atomic mass is 9.88. The Morgan fingerprint density at radius 3 is 2.67 bits per heavy atom. The Labute approximate surface area is 137 Å². The number of halogens is 1. The van der Waals surface area contributed by atoms with Crippen molar-refractivity contribution in [3.05, 3.63) is 51.9 Å². The number of carbonyl (C=O) groups is 1. The molecule has 3 N–H and O–H groups in total. The summed E-state index contributed by atoms with van der Waals surface area (Å²) >= 11 is 2.20. The zero-order chi connectivity index (χ0) is 14.9. The van der Waals surface area contributed by atoms with Gasteiger partial charge in [-0.05, 0) is 41.0 Å². The van der Waals surface area contributed by atoms with Crippen LogP contribution in [0.4, 0.5) is 0 Å². The van der Waals surface area contributed by atoms with Gasteiger partial charge in [-0.3, -0.25) is 14.8 Å². The van der Waals surface area contributed by atoms with Crippen LogP contribution in [0.2, 0.25) is 0 Å². The van der Waals surface area contributed by atoms with Crippen molar-refractivity contribution in [1.29, 1.82) is 0 Å². The molecule has 0 spiro atoms. The second-order valence-electron chi connectivity index (χ2n) is 5.41. The normalized spacial score (nSPS) is 17.4. The number of nitrogens with one attached hydrogen (secondary N) is 1. The maximum atomic E-state index is 12.3. The van der Waals surface area contributed by atoms with E-state index in [-0.39, 0.29) is 5.91 Å². The molecule has 1 amide bonds. The number of nitrogens with zero attached hydrogens (tertiary/aromatic N) is 2. The fourth-order valence-corrected chi connectivity index (χ4v) is 2.92. The number of carbonyl (C=O) groups excluding carboxylic acids is 1. The number of hydrogen-bond acceptors (Lipinski definition) is 3. The highest BCUT2D eigenvalue weighted by Crippen LogP contribution is 2.30. The number of rotatable bonds is 6. The molecule has 1 aromatic heterocycles. The van der Waals surface area contributed by atoms with E-state index in [1.54, 1.807) is 10.9 Å². The van der Waals surface area contributed by atoms with Gasteiger partial charge in [0.2, 0.25) is 5.91 Å². The molecule has 1 aromatic carbocycles. The summed E-state index contributed by atoms with van der Waals surface area (Å²) in [5.41, 5.74) is 5.76. The first-order valence-electron chi connectivity index (χ1n) is 6.91. The molecule has 110 valence electrons. The van der Waals surface area contributed by atoms with Gasteiger partial charge in [-0.2, -0.15) is 5.10 Å². The number of amides is 1. The molecule has 0 saturated heterocycles. The highest BCUT2D eigenvalue weighted by molar-refractivity contribution is 14.1. The van der Waals surface area contributed by atoms with Gasteiger partial charge < -0.3 is 5.73 Å². The van der Waals surface area contributed by atoms with Crippen molar-refractivity contribution >= 4 is 28.5 Å². The van der Waals surface area contributed by atoms with Crippen molar-refractivity contribution in [2.24, 2.45) is 5.73 Å². The molecular formula is C15H17IN4O. The van der Waals surface area contributed by atoms with E-state index in [4.69, 9.17) is 5.73 Å². The summed E-state index contributed by atoms with van der Waals surface area (Å²) in [5, 5.41) is 7.74. The standard InChI is InChI=1S/C15H17IN4O/c16-12-8-18-20(9-12)10-15(14(17)21,19-13-6-7-13)11-4-2-1-3-5-11/h1-5,8-9,13,19H,6-7,10H2,(H2,17,21). The van der Waals surface area contributed by atoms with E-state index in [9.17, 15) is 4.79 Å². The molecule has 21 heavy (non-hydrogen) atoms. The topological polar surface area (TPSA) is 72.9 Å². The summed E-state index contributed by atoms with van der Waals surface area (Å²) in [4.78, 5) is 12.3. The van der Waals surface area contributed by atoms with E-state index in [0.717, 1.165) is 22.0 Å². The molecule has 0 radical (unpaired) electrons. The maximum Gasteiger partial charge on any atom is 0.244 e. The van der Waals surface area contributed by atoms with Crippen LogP contribution in [0.3, 0.4) is 0 Å². The molecule has 0 bridgehead atoms. The number of nitrogens with two attached hydrogens (primary N) is 1. The molecule has 1 saturated carbocycles. The first kappa shape index (κ1) is 14.5. The number of aromatic nitrogens is 2. The monoisotopic (exact) mass is 396 g/mol. The zero-order valence-electron chi connectivity index (χ0n) is 11.5.